The van der Waals surface area contributed by atoms with Gasteiger partial charge in [-0.15, -0.1) is 0 Å². The third-order valence-electron chi connectivity index (χ3n) is 2.77. The van der Waals surface area contributed by atoms with Gasteiger partial charge in [0.15, 0.2) is 5.58 Å². The molecular formula is C14H18N2O3S. The number of anilines is 1. The lowest BCUT2D eigenvalue weighted by Gasteiger charge is -2.15. The monoisotopic (exact) mass is 294 g/mol. The number of carbonyl (C=O) groups excluding carboxylic acids is 1. The number of hydrogen-bond acceptors (Lipinski definition) is 6. The number of para-hydroxylation sites is 2. The number of esters is 1. The lowest BCUT2D eigenvalue weighted by molar-refractivity contribution is -0.144. The van der Waals surface area contributed by atoms with Gasteiger partial charge in [-0.3, -0.25) is 0 Å². The molecule has 1 atom stereocenters. The van der Waals surface area contributed by atoms with Crippen LogP contribution in [0.15, 0.2) is 28.7 Å². The van der Waals surface area contributed by atoms with E-state index < -0.39 is 6.04 Å². The highest BCUT2D eigenvalue weighted by Gasteiger charge is 2.21. The van der Waals surface area contributed by atoms with Crippen molar-refractivity contribution in [3.63, 3.8) is 0 Å². The summed E-state index contributed by atoms with van der Waals surface area (Å²) in [6.07, 6.45) is 2.67. The molecule has 108 valence electrons. The molecule has 0 aliphatic carbocycles. The Hall–Kier alpha value is -1.69. The maximum atomic E-state index is 11.9. The SMILES string of the molecule is CCOC(=O)C(CCSC)Nc1nc2ccccc2o1. The molecule has 6 heteroatoms. The zero-order valence-corrected chi connectivity index (χ0v) is 12.4. The summed E-state index contributed by atoms with van der Waals surface area (Å²) in [5.41, 5.74) is 1.46. The lowest BCUT2D eigenvalue weighted by Crippen LogP contribution is -2.32. The van der Waals surface area contributed by atoms with Crippen LogP contribution in [0.2, 0.25) is 0 Å². The second kappa shape index (κ2) is 7.19. The average Bonchev–Trinajstić information content (AvgIpc) is 2.86. The predicted molar refractivity (Wildman–Crippen MR) is 81.1 cm³/mol. The minimum absolute atomic E-state index is 0.274. The van der Waals surface area contributed by atoms with E-state index in [0.717, 1.165) is 11.3 Å². The highest BCUT2D eigenvalue weighted by molar-refractivity contribution is 7.98. The quantitative estimate of drug-likeness (QED) is 0.792. The molecule has 1 aromatic heterocycles. The summed E-state index contributed by atoms with van der Waals surface area (Å²) in [5.74, 6) is 0.584. The summed E-state index contributed by atoms with van der Waals surface area (Å²) in [4.78, 5) is 16.2. The van der Waals surface area contributed by atoms with Gasteiger partial charge in [0, 0.05) is 0 Å². The Morgan fingerprint density at radius 1 is 1.50 bits per heavy atom. The summed E-state index contributed by atoms with van der Waals surface area (Å²) in [5, 5.41) is 3.02. The first kappa shape index (κ1) is 14.7. The molecule has 0 radical (unpaired) electrons. The molecule has 20 heavy (non-hydrogen) atoms. The summed E-state index contributed by atoms with van der Waals surface area (Å²) >= 11 is 1.68. The van der Waals surface area contributed by atoms with Crippen molar-refractivity contribution in [2.24, 2.45) is 0 Å². The number of ether oxygens (including phenoxy) is 1. The van der Waals surface area contributed by atoms with Crippen molar-refractivity contribution in [1.82, 2.24) is 4.98 Å². The molecule has 1 heterocycles. The van der Waals surface area contributed by atoms with Gasteiger partial charge in [-0.1, -0.05) is 12.1 Å². The van der Waals surface area contributed by atoms with Crippen LogP contribution in [-0.4, -0.2) is 35.6 Å². The number of carbonyl (C=O) groups is 1. The number of hydrogen-bond donors (Lipinski definition) is 1. The third kappa shape index (κ3) is 3.66. The maximum Gasteiger partial charge on any atom is 0.328 e. The van der Waals surface area contributed by atoms with Crippen LogP contribution in [0.4, 0.5) is 6.01 Å². The van der Waals surface area contributed by atoms with E-state index in [1.165, 1.54) is 0 Å². The standard InChI is InChI=1S/C14H18N2O3S/c1-3-18-13(17)11(8-9-20-2)16-14-15-10-6-4-5-7-12(10)19-14/h4-7,11H,3,8-9H2,1-2H3,(H,15,16). The van der Waals surface area contributed by atoms with Crippen LogP contribution >= 0.6 is 11.8 Å². The summed E-state index contributed by atoms with van der Waals surface area (Å²) in [6, 6.07) is 7.40. The molecule has 5 nitrogen and oxygen atoms in total. The first-order valence-corrected chi connectivity index (χ1v) is 7.91. The van der Waals surface area contributed by atoms with E-state index in [1.807, 2.05) is 30.5 Å². The first-order chi connectivity index (χ1) is 9.74. The van der Waals surface area contributed by atoms with Crippen molar-refractivity contribution in [3.05, 3.63) is 24.3 Å². The van der Waals surface area contributed by atoms with E-state index in [9.17, 15) is 4.79 Å². The van der Waals surface area contributed by atoms with Crippen LogP contribution in [0.5, 0.6) is 0 Å². The Labute approximate surface area is 122 Å². The number of benzene rings is 1. The number of oxazole rings is 1. The van der Waals surface area contributed by atoms with E-state index in [0.29, 0.717) is 24.6 Å². The highest BCUT2D eigenvalue weighted by atomic mass is 32.2. The van der Waals surface area contributed by atoms with E-state index in [1.54, 1.807) is 18.7 Å². The Bertz CT molecular complexity index is 537. The third-order valence-corrected chi connectivity index (χ3v) is 3.42. The fraction of sp³-hybridized carbons (Fsp3) is 0.429. The van der Waals surface area contributed by atoms with Gasteiger partial charge >= 0.3 is 5.97 Å². The van der Waals surface area contributed by atoms with Gasteiger partial charge in [-0.25, -0.2) is 4.79 Å². The average molecular weight is 294 g/mol. The zero-order chi connectivity index (χ0) is 14.4. The van der Waals surface area contributed by atoms with Gasteiger partial charge < -0.3 is 14.5 Å². The smallest absolute Gasteiger partial charge is 0.328 e. The molecule has 0 aliphatic rings. The van der Waals surface area contributed by atoms with E-state index in [4.69, 9.17) is 9.15 Å². The molecule has 0 fully saturated rings. The summed E-state index contributed by atoms with van der Waals surface area (Å²) in [6.45, 7) is 2.16. The van der Waals surface area contributed by atoms with Crippen LogP contribution in [0.1, 0.15) is 13.3 Å². The van der Waals surface area contributed by atoms with Crippen LogP contribution in [0, 0.1) is 0 Å². The molecule has 0 bridgehead atoms. The minimum Gasteiger partial charge on any atom is -0.464 e. The van der Waals surface area contributed by atoms with Gasteiger partial charge in [0.1, 0.15) is 11.6 Å². The second-order valence-electron chi connectivity index (χ2n) is 4.22. The Balaban J connectivity index is 2.11. The first-order valence-electron chi connectivity index (χ1n) is 6.52. The van der Waals surface area contributed by atoms with Crippen LogP contribution < -0.4 is 5.32 Å². The van der Waals surface area contributed by atoms with Crippen LogP contribution in [0.3, 0.4) is 0 Å². The Morgan fingerprint density at radius 3 is 3.00 bits per heavy atom. The van der Waals surface area contributed by atoms with Crippen LogP contribution in [-0.2, 0) is 9.53 Å². The number of nitrogens with zero attached hydrogens (tertiary/aromatic N) is 1. The van der Waals surface area contributed by atoms with Crippen molar-refractivity contribution < 1.29 is 13.9 Å². The lowest BCUT2D eigenvalue weighted by atomic mass is 10.2. The van der Waals surface area contributed by atoms with Gasteiger partial charge in [0.25, 0.3) is 6.01 Å². The van der Waals surface area contributed by atoms with Gasteiger partial charge in [-0.05, 0) is 37.5 Å². The number of aromatic nitrogens is 1. The molecule has 0 amide bonds. The van der Waals surface area contributed by atoms with Crippen molar-refractivity contribution in [2.75, 3.05) is 23.9 Å². The number of rotatable bonds is 7. The van der Waals surface area contributed by atoms with Gasteiger partial charge in [-0.2, -0.15) is 16.7 Å². The molecule has 1 unspecified atom stereocenters. The van der Waals surface area contributed by atoms with Crippen molar-refractivity contribution in [1.29, 1.82) is 0 Å². The van der Waals surface area contributed by atoms with E-state index in [2.05, 4.69) is 10.3 Å². The second-order valence-corrected chi connectivity index (χ2v) is 5.20. The fourth-order valence-electron chi connectivity index (χ4n) is 1.81. The molecule has 0 saturated carbocycles. The summed E-state index contributed by atoms with van der Waals surface area (Å²) in [7, 11) is 0. The molecule has 0 saturated heterocycles. The number of thioether (sulfide) groups is 1. The maximum absolute atomic E-state index is 11.9. The van der Waals surface area contributed by atoms with Crippen molar-refractivity contribution >= 4 is 34.8 Å². The zero-order valence-electron chi connectivity index (χ0n) is 11.6. The van der Waals surface area contributed by atoms with Crippen molar-refractivity contribution in [3.8, 4) is 0 Å². The predicted octanol–water partition coefficient (Wildman–Crippen LogP) is 2.92. The minimum atomic E-state index is -0.435. The number of fused-ring (bicyclic) bond motifs is 1. The number of nitrogens with one attached hydrogen (secondary N) is 1. The Kier molecular flexibility index (Phi) is 5.29. The molecule has 2 aromatic rings. The molecule has 0 aliphatic heterocycles. The van der Waals surface area contributed by atoms with Gasteiger partial charge in [0.2, 0.25) is 0 Å². The molecule has 1 aromatic carbocycles. The largest absolute Gasteiger partial charge is 0.464 e. The summed E-state index contributed by atoms with van der Waals surface area (Å²) < 4.78 is 10.6. The molecule has 0 spiro atoms. The molecule has 1 N–H and O–H groups in total. The van der Waals surface area contributed by atoms with Crippen molar-refractivity contribution in [2.45, 2.75) is 19.4 Å². The van der Waals surface area contributed by atoms with Crippen LogP contribution in [0.25, 0.3) is 11.1 Å². The normalized spacial score (nSPS) is 12.3. The van der Waals surface area contributed by atoms with E-state index >= 15 is 0 Å². The Morgan fingerprint density at radius 2 is 2.30 bits per heavy atom. The molecule has 2 rings (SSSR count). The highest BCUT2D eigenvalue weighted by Crippen LogP contribution is 2.19. The van der Waals surface area contributed by atoms with E-state index in [-0.39, 0.29) is 5.97 Å². The topological polar surface area (TPSA) is 64.4 Å². The fourth-order valence-corrected chi connectivity index (χ4v) is 2.28. The van der Waals surface area contributed by atoms with Gasteiger partial charge in [0.05, 0.1) is 6.61 Å². The molecular weight excluding hydrogens is 276 g/mol.